The Bertz CT molecular complexity index is 406. The minimum atomic E-state index is -0.776. The van der Waals surface area contributed by atoms with Gasteiger partial charge < -0.3 is 14.9 Å². The molecular weight excluding hydrogens is 262 g/mol. The van der Waals surface area contributed by atoms with Gasteiger partial charge in [-0.05, 0) is 33.1 Å². The number of hydrogen-bond acceptors (Lipinski definition) is 5. The van der Waals surface area contributed by atoms with E-state index in [0.29, 0.717) is 19.4 Å². The van der Waals surface area contributed by atoms with Crippen molar-refractivity contribution >= 4 is 5.97 Å². The monoisotopic (exact) mass is 285 g/mol. The average molecular weight is 285 g/mol. The maximum atomic E-state index is 10.4. The first-order valence-electron chi connectivity index (χ1n) is 6.88. The van der Waals surface area contributed by atoms with E-state index in [2.05, 4.69) is 10.3 Å². The van der Waals surface area contributed by atoms with Gasteiger partial charge in [-0.15, -0.1) is 5.10 Å². The van der Waals surface area contributed by atoms with Crippen molar-refractivity contribution in [2.45, 2.75) is 58.3 Å². The number of aliphatic hydroxyl groups excluding tert-OH is 1. The Balaban J connectivity index is 2.26. The van der Waals surface area contributed by atoms with Crippen LogP contribution in [0.1, 0.15) is 38.8 Å². The van der Waals surface area contributed by atoms with Crippen molar-refractivity contribution in [1.29, 1.82) is 0 Å². The maximum absolute atomic E-state index is 10.4. The van der Waals surface area contributed by atoms with E-state index in [9.17, 15) is 9.90 Å². The fourth-order valence-electron chi connectivity index (χ4n) is 1.70. The van der Waals surface area contributed by atoms with Crippen molar-refractivity contribution in [2.75, 3.05) is 6.61 Å². The molecule has 2 N–H and O–H groups in total. The van der Waals surface area contributed by atoms with E-state index in [1.54, 1.807) is 10.9 Å². The third kappa shape index (κ3) is 7.20. The third-order valence-corrected chi connectivity index (χ3v) is 2.68. The average Bonchev–Trinajstić information content (AvgIpc) is 2.79. The summed E-state index contributed by atoms with van der Waals surface area (Å²) in [5.41, 5.74) is 0.812. The van der Waals surface area contributed by atoms with Crippen molar-refractivity contribution in [3.63, 3.8) is 0 Å². The Labute approximate surface area is 118 Å². The second-order valence-electron chi connectivity index (χ2n) is 5.07. The number of aromatic nitrogens is 3. The van der Waals surface area contributed by atoms with Crippen LogP contribution in [-0.4, -0.2) is 50.0 Å². The molecule has 0 saturated carbocycles. The fraction of sp³-hybridized carbons (Fsp3) is 0.769. The normalized spacial score (nSPS) is 12.8. The lowest BCUT2D eigenvalue weighted by atomic mass is 10.1. The number of unbranched alkanes of at least 4 members (excludes halogenated alkanes) is 1. The third-order valence-electron chi connectivity index (χ3n) is 2.68. The van der Waals surface area contributed by atoms with Crippen LogP contribution in [0.25, 0.3) is 0 Å². The van der Waals surface area contributed by atoms with Gasteiger partial charge in [-0.1, -0.05) is 5.21 Å². The van der Waals surface area contributed by atoms with Crippen molar-refractivity contribution in [3.05, 3.63) is 11.9 Å². The molecule has 1 atom stereocenters. The quantitative estimate of drug-likeness (QED) is 0.619. The summed E-state index contributed by atoms with van der Waals surface area (Å²) in [5, 5.41) is 26.2. The maximum Gasteiger partial charge on any atom is 0.303 e. The highest BCUT2D eigenvalue weighted by Gasteiger charge is 2.09. The molecule has 0 bridgehead atoms. The van der Waals surface area contributed by atoms with Crippen LogP contribution in [0.15, 0.2) is 6.20 Å². The van der Waals surface area contributed by atoms with Crippen LogP contribution in [0.5, 0.6) is 0 Å². The molecule has 0 aromatic carbocycles. The van der Waals surface area contributed by atoms with E-state index in [-0.39, 0.29) is 19.1 Å². The van der Waals surface area contributed by atoms with Gasteiger partial charge in [0.05, 0.1) is 31.1 Å². The molecule has 0 aliphatic rings. The number of ether oxygens (including phenoxy) is 1. The summed E-state index contributed by atoms with van der Waals surface area (Å²) in [6.45, 7) is 4.44. The Hall–Kier alpha value is -1.47. The van der Waals surface area contributed by atoms with Gasteiger partial charge in [0.1, 0.15) is 0 Å². The summed E-state index contributed by atoms with van der Waals surface area (Å²) in [5.74, 6) is -0.776. The fourth-order valence-corrected chi connectivity index (χ4v) is 1.70. The van der Waals surface area contributed by atoms with Crippen molar-refractivity contribution in [2.24, 2.45) is 0 Å². The van der Waals surface area contributed by atoms with Crippen molar-refractivity contribution in [1.82, 2.24) is 15.0 Å². The van der Waals surface area contributed by atoms with Crippen molar-refractivity contribution in [3.8, 4) is 0 Å². The Morgan fingerprint density at radius 2 is 2.20 bits per heavy atom. The second-order valence-corrected chi connectivity index (χ2v) is 5.07. The lowest BCUT2D eigenvalue weighted by Gasteiger charge is -2.12. The molecule has 1 rings (SSSR count). The Morgan fingerprint density at radius 3 is 2.85 bits per heavy atom. The van der Waals surface area contributed by atoms with E-state index in [0.717, 1.165) is 12.1 Å². The minimum absolute atomic E-state index is 0.0881. The number of carboxylic acid groups (broad SMARTS) is 1. The molecule has 20 heavy (non-hydrogen) atoms. The molecule has 0 amide bonds. The van der Waals surface area contributed by atoms with Crippen LogP contribution in [0.2, 0.25) is 0 Å². The summed E-state index contributed by atoms with van der Waals surface area (Å²) >= 11 is 0. The van der Waals surface area contributed by atoms with Crippen LogP contribution in [0, 0.1) is 0 Å². The highest BCUT2D eigenvalue weighted by molar-refractivity contribution is 5.66. The van der Waals surface area contributed by atoms with Crippen LogP contribution in [0.4, 0.5) is 0 Å². The SMILES string of the molecule is CC(C)OCC(O)Cn1cc(CCCCC(=O)O)nn1. The number of hydrogen-bond donors (Lipinski definition) is 2. The first-order valence-corrected chi connectivity index (χ1v) is 6.88. The number of aryl methyl sites for hydroxylation is 1. The molecule has 0 spiro atoms. The topological polar surface area (TPSA) is 97.5 Å². The zero-order valence-electron chi connectivity index (χ0n) is 12.0. The molecule has 1 unspecified atom stereocenters. The number of nitrogens with zero attached hydrogens (tertiary/aromatic N) is 3. The number of rotatable bonds is 10. The van der Waals surface area contributed by atoms with Gasteiger partial charge in [0.2, 0.25) is 0 Å². The lowest BCUT2D eigenvalue weighted by Crippen LogP contribution is -2.24. The van der Waals surface area contributed by atoms with Crippen LogP contribution in [-0.2, 0) is 22.5 Å². The summed E-state index contributed by atoms with van der Waals surface area (Å²) < 4.78 is 6.90. The molecule has 0 aliphatic heterocycles. The number of carboxylic acids is 1. The van der Waals surface area contributed by atoms with Gasteiger partial charge in [-0.3, -0.25) is 4.79 Å². The van der Waals surface area contributed by atoms with Gasteiger partial charge in [0.15, 0.2) is 0 Å². The molecule has 0 aliphatic carbocycles. The lowest BCUT2D eigenvalue weighted by molar-refractivity contribution is -0.137. The summed E-state index contributed by atoms with van der Waals surface area (Å²) in [6.07, 6.45) is 3.53. The van der Waals surface area contributed by atoms with Gasteiger partial charge in [0.25, 0.3) is 0 Å². The molecule has 7 nitrogen and oxygen atoms in total. The van der Waals surface area contributed by atoms with E-state index in [4.69, 9.17) is 9.84 Å². The Morgan fingerprint density at radius 1 is 1.45 bits per heavy atom. The largest absolute Gasteiger partial charge is 0.481 e. The molecule has 0 fully saturated rings. The summed E-state index contributed by atoms with van der Waals surface area (Å²) in [6, 6.07) is 0. The minimum Gasteiger partial charge on any atom is -0.481 e. The van der Waals surface area contributed by atoms with Crippen LogP contribution >= 0.6 is 0 Å². The first kappa shape index (κ1) is 16.6. The van der Waals surface area contributed by atoms with E-state index >= 15 is 0 Å². The predicted molar refractivity (Wildman–Crippen MR) is 72.3 cm³/mol. The van der Waals surface area contributed by atoms with Gasteiger partial charge in [-0.2, -0.15) is 0 Å². The molecule has 1 aromatic rings. The summed E-state index contributed by atoms with van der Waals surface area (Å²) in [4.78, 5) is 10.4. The highest BCUT2D eigenvalue weighted by atomic mass is 16.5. The zero-order chi connectivity index (χ0) is 15.0. The molecule has 0 saturated heterocycles. The van der Waals surface area contributed by atoms with Gasteiger partial charge >= 0.3 is 5.97 Å². The number of aliphatic carboxylic acids is 1. The molecule has 1 heterocycles. The van der Waals surface area contributed by atoms with Crippen LogP contribution in [0.3, 0.4) is 0 Å². The molecule has 1 aromatic heterocycles. The summed E-state index contributed by atoms with van der Waals surface area (Å²) in [7, 11) is 0. The molecular formula is C13H23N3O4. The van der Waals surface area contributed by atoms with Crippen molar-refractivity contribution < 1.29 is 19.7 Å². The Kier molecular flexibility index (Phi) is 7.17. The highest BCUT2D eigenvalue weighted by Crippen LogP contribution is 2.04. The van der Waals surface area contributed by atoms with E-state index in [1.165, 1.54) is 0 Å². The van der Waals surface area contributed by atoms with Gasteiger partial charge in [0, 0.05) is 12.6 Å². The van der Waals surface area contributed by atoms with E-state index in [1.807, 2.05) is 13.8 Å². The molecule has 7 heteroatoms. The zero-order valence-corrected chi connectivity index (χ0v) is 12.0. The molecule has 114 valence electrons. The molecule has 0 radical (unpaired) electrons. The number of aliphatic hydroxyl groups is 1. The van der Waals surface area contributed by atoms with Crippen LogP contribution < -0.4 is 0 Å². The second kappa shape index (κ2) is 8.65. The van der Waals surface area contributed by atoms with Gasteiger partial charge in [-0.25, -0.2) is 4.68 Å². The smallest absolute Gasteiger partial charge is 0.303 e. The predicted octanol–water partition coefficient (Wildman–Crippen LogP) is 0.861. The standard InChI is InChI=1S/C13H23N3O4/c1-10(2)20-9-12(17)8-16-7-11(14-15-16)5-3-4-6-13(18)19/h7,10,12,17H,3-6,8-9H2,1-2H3,(H,18,19). The number of carbonyl (C=O) groups is 1. The first-order chi connectivity index (χ1) is 9.47. The van der Waals surface area contributed by atoms with E-state index < -0.39 is 12.1 Å².